The van der Waals surface area contributed by atoms with E-state index >= 15 is 0 Å². The Bertz CT molecular complexity index is 758. The number of esters is 1. The lowest BCUT2D eigenvalue weighted by Crippen LogP contribution is -2.38. The second kappa shape index (κ2) is 12.2. The number of carbonyl (C=O) groups excluding carboxylic acids is 3. The van der Waals surface area contributed by atoms with Crippen LogP contribution in [0.15, 0.2) is 42.5 Å². The third-order valence-corrected chi connectivity index (χ3v) is 5.74. The van der Waals surface area contributed by atoms with Crippen molar-refractivity contribution in [2.24, 2.45) is 11.8 Å². The first-order valence-electron chi connectivity index (χ1n) is 11.1. The van der Waals surface area contributed by atoms with E-state index < -0.39 is 12.0 Å². The zero-order valence-corrected chi connectivity index (χ0v) is 17.9. The number of hydrogen-bond acceptors (Lipinski definition) is 5. The summed E-state index contributed by atoms with van der Waals surface area (Å²) >= 11 is 0. The lowest BCUT2D eigenvalue weighted by molar-refractivity contribution is -0.150. The molecule has 3 rings (SSSR count). The van der Waals surface area contributed by atoms with Gasteiger partial charge in [-0.15, -0.1) is 0 Å². The lowest BCUT2D eigenvalue weighted by atomic mass is 9.97. The standard InChI is InChI=1S/C24H32N2O5/c27-22(25-16-18-11-13-30-14-12-18)15-20-9-5-2-6-10-23(28)31-21(17-26-24(20)29)19-7-3-1-4-8-19/h1-5,7-8,18,20-21H,6,9-17H2,(H,25,27)(H,26,29)/b5-2+/t20-,21?/m0/s1. The van der Waals surface area contributed by atoms with Gasteiger partial charge in [0.2, 0.25) is 11.8 Å². The number of allylic oxidation sites excluding steroid dienone is 2. The summed E-state index contributed by atoms with van der Waals surface area (Å²) in [7, 11) is 0. The van der Waals surface area contributed by atoms with Crippen molar-refractivity contribution in [2.45, 2.75) is 44.6 Å². The zero-order valence-electron chi connectivity index (χ0n) is 17.9. The number of ether oxygens (including phenoxy) is 2. The molecule has 2 heterocycles. The summed E-state index contributed by atoms with van der Waals surface area (Å²) in [5.74, 6) is -0.638. The maximum absolute atomic E-state index is 12.8. The fourth-order valence-electron chi connectivity index (χ4n) is 3.82. The molecule has 0 aromatic heterocycles. The van der Waals surface area contributed by atoms with E-state index in [-0.39, 0.29) is 37.2 Å². The normalized spacial score (nSPS) is 24.8. The van der Waals surface area contributed by atoms with Crippen molar-refractivity contribution in [3.05, 3.63) is 48.0 Å². The number of amides is 2. The van der Waals surface area contributed by atoms with Crippen molar-refractivity contribution in [1.29, 1.82) is 0 Å². The molecule has 2 amide bonds. The molecule has 31 heavy (non-hydrogen) atoms. The van der Waals surface area contributed by atoms with Gasteiger partial charge in [0, 0.05) is 32.6 Å². The minimum absolute atomic E-state index is 0.113. The van der Waals surface area contributed by atoms with Crippen LogP contribution in [0.25, 0.3) is 0 Å². The molecule has 0 radical (unpaired) electrons. The average Bonchev–Trinajstić information content (AvgIpc) is 2.79. The van der Waals surface area contributed by atoms with E-state index in [1.807, 2.05) is 42.5 Å². The predicted molar refractivity (Wildman–Crippen MR) is 116 cm³/mol. The third kappa shape index (κ3) is 7.83. The predicted octanol–water partition coefficient (Wildman–Crippen LogP) is 2.68. The molecule has 0 bridgehead atoms. The highest BCUT2D eigenvalue weighted by Crippen LogP contribution is 2.20. The van der Waals surface area contributed by atoms with Gasteiger partial charge in [-0.1, -0.05) is 42.5 Å². The van der Waals surface area contributed by atoms with E-state index in [2.05, 4.69) is 10.6 Å². The van der Waals surface area contributed by atoms with Gasteiger partial charge in [0.25, 0.3) is 0 Å². The number of rotatable bonds is 5. The van der Waals surface area contributed by atoms with Gasteiger partial charge in [0.1, 0.15) is 6.10 Å². The van der Waals surface area contributed by atoms with Crippen LogP contribution in [0.5, 0.6) is 0 Å². The van der Waals surface area contributed by atoms with Gasteiger partial charge in [-0.25, -0.2) is 0 Å². The molecule has 2 N–H and O–H groups in total. The Morgan fingerprint density at radius 2 is 1.87 bits per heavy atom. The fraction of sp³-hybridized carbons (Fsp3) is 0.542. The van der Waals surface area contributed by atoms with Gasteiger partial charge < -0.3 is 20.1 Å². The average molecular weight is 429 g/mol. The molecule has 2 aliphatic rings. The number of carbonyl (C=O) groups is 3. The molecule has 0 spiro atoms. The van der Waals surface area contributed by atoms with E-state index in [9.17, 15) is 14.4 Å². The Balaban J connectivity index is 1.59. The van der Waals surface area contributed by atoms with Gasteiger partial charge in [-0.2, -0.15) is 0 Å². The van der Waals surface area contributed by atoms with Gasteiger partial charge in [0.05, 0.1) is 12.5 Å². The lowest BCUT2D eigenvalue weighted by Gasteiger charge is -2.23. The summed E-state index contributed by atoms with van der Waals surface area (Å²) in [5.41, 5.74) is 0.828. The molecule has 2 aliphatic heterocycles. The molecule has 0 aliphatic carbocycles. The van der Waals surface area contributed by atoms with Gasteiger partial charge in [-0.05, 0) is 37.2 Å². The summed E-state index contributed by atoms with van der Waals surface area (Å²) in [4.78, 5) is 37.5. The largest absolute Gasteiger partial charge is 0.456 e. The van der Waals surface area contributed by atoms with Crippen LogP contribution in [-0.4, -0.2) is 44.1 Å². The van der Waals surface area contributed by atoms with Crippen LogP contribution in [0.1, 0.15) is 50.2 Å². The van der Waals surface area contributed by atoms with Crippen molar-refractivity contribution >= 4 is 17.8 Å². The highest BCUT2D eigenvalue weighted by Gasteiger charge is 2.24. The van der Waals surface area contributed by atoms with Crippen molar-refractivity contribution < 1.29 is 23.9 Å². The molecule has 1 fully saturated rings. The minimum Gasteiger partial charge on any atom is -0.456 e. The first-order valence-corrected chi connectivity index (χ1v) is 11.1. The smallest absolute Gasteiger partial charge is 0.306 e. The van der Waals surface area contributed by atoms with Crippen LogP contribution in [0.2, 0.25) is 0 Å². The zero-order chi connectivity index (χ0) is 21.9. The SMILES string of the molecule is O=C(C[C@@H]1C/C=C/CCC(=O)OC(c2ccccc2)CNC1=O)NCC1CCOCC1. The highest BCUT2D eigenvalue weighted by molar-refractivity contribution is 5.86. The molecule has 0 saturated carbocycles. The van der Waals surface area contributed by atoms with E-state index in [4.69, 9.17) is 9.47 Å². The van der Waals surface area contributed by atoms with Gasteiger partial charge in [-0.3, -0.25) is 14.4 Å². The van der Waals surface area contributed by atoms with Gasteiger partial charge >= 0.3 is 5.97 Å². The van der Waals surface area contributed by atoms with Crippen LogP contribution in [-0.2, 0) is 23.9 Å². The van der Waals surface area contributed by atoms with Crippen LogP contribution in [0.3, 0.4) is 0 Å². The van der Waals surface area contributed by atoms with E-state index in [0.717, 1.165) is 31.6 Å². The Morgan fingerprint density at radius 1 is 1.10 bits per heavy atom. The molecular formula is C24H32N2O5. The van der Waals surface area contributed by atoms with Crippen molar-refractivity contribution in [3.8, 4) is 0 Å². The summed E-state index contributed by atoms with van der Waals surface area (Å²) in [6.45, 7) is 2.28. The van der Waals surface area contributed by atoms with Crippen molar-refractivity contribution in [2.75, 3.05) is 26.3 Å². The molecule has 1 aromatic carbocycles. The number of benzene rings is 1. The third-order valence-electron chi connectivity index (χ3n) is 5.74. The van der Waals surface area contributed by atoms with Crippen molar-refractivity contribution in [3.63, 3.8) is 0 Å². The Hall–Kier alpha value is -2.67. The summed E-state index contributed by atoms with van der Waals surface area (Å²) in [6.07, 6.45) is 6.52. The molecule has 1 aromatic rings. The Kier molecular flexibility index (Phi) is 9.09. The number of cyclic esters (lactones) is 1. The fourth-order valence-corrected chi connectivity index (χ4v) is 3.82. The maximum atomic E-state index is 12.8. The summed E-state index contributed by atoms with van der Waals surface area (Å²) < 4.78 is 11.0. The number of hydrogen-bond donors (Lipinski definition) is 2. The van der Waals surface area contributed by atoms with Crippen LogP contribution >= 0.6 is 0 Å². The first kappa shape index (κ1) is 23.0. The number of nitrogens with one attached hydrogen (secondary N) is 2. The summed E-state index contributed by atoms with van der Waals surface area (Å²) in [6, 6.07) is 9.37. The van der Waals surface area contributed by atoms with E-state index in [1.165, 1.54) is 0 Å². The quantitative estimate of drug-likeness (QED) is 0.556. The molecule has 1 unspecified atom stereocenters. The van der Waals surface area contributed by atoms with E-state index in [1.54, 1.807) is 0 Å². The monoisotopic (exact) mass is 428 g/mol. The highest BCUT2D eigenvalue weighted by atomic mass is 16.5. The minimum atomic E-state index is -0.552. The van der Waals surface area contributed by atoms with Crippen LogP contribution in [0, 0.1) is 11.8 Å². The van der Waals surface area contributed by atoms with Crippen LogP contribution < -0.4 is 10.6 Å². The van der Waals surface area contributed by atoms with Crippen LogP contribution in [0.4, 0.5) is 0 Å². The molecule has 2 atom stereocenters. The summed E-state index contributed by atoms with van der Waals surface area (Å²) in [5, 5.41) is 5.86. The second-order valence-electron chi connectivity index (χ2n) is 8.14. The Labute approximate surface area is 183 Å². The van der Waals surface area contributed by atoms with Gasteiger partial charge in [0.15, 0.2) is 0 Å². The topological polar surface area (TPSA) is 93.7 Å². The van der Waals surface area contributed by atoms with E-state index in [0.29, 0.717) is 25.3 Å². The first-order chi connectivity index (χ1) is 15.1. The molecular weight excluding hydrogens is 396 g/mol. The second-order valence-corrected chi connectivity index (χ2v) is 8.14. The Morgan fingerprint density at radius 3 is 2.65 bits per heavy atom. The van der Waals surface area contributed by atoms with Crippen molar-refractivity contribution in [1.82, 2.24) is 10.6 Å². The molecule has 7 nitrogen and oxygen atoms in total. The molecule has 1 saturated heterocycles. The maximum Gasteiger partial charge on any atom is 0.306 e. The molecule has 7 heteroatoms. The molecule has 168 valence electrons.